The fraction of sp³-hybridized carbons (Fsp3) is 0.900. The number of rotatable bonds is 7. The highest BCUT2D eigenvalue weighted by atomic mass is 16.5. The maximum absolute atomic E-state index is 11.0. The molecule has 0 fully saturated rings. The molecule has 5 heteroatoms. The smallest absolute Gasteiger partial charge is 0.407 e. The Bertz CT molecular complexity index is 175. The molecule has 0 aromatic carbocycles. The maximum atomic E-state index is 11.0. The fourth-order valence-electron chi connectivity index (χ4n) is 1.11. The third kappa shape index (κ3) is 8.20. The van der Waals surface area contributed by atoms with E-state index in [2.05, 4.69) is 12.2 Å². The summed E-state index contributed by atoms with van der Waals surface area (Å²) in [6.07, 6.45) is 0.609. The van der Waals surface area contributed by atoms with Gasteiger partial charge in [0, 0.05) is 6.54 Å². The Morgan fingerprint density at radius 2 is 2.20 bits per heavy atom. The van der Waals surface area contributed by atoms with Crippen LogP contribution in [-0.4, -0.2) is 42.2 Å². The van der Waals surface area contributed by atoms with Gasteiger partial charge in [-0.2, -0.15) is 0 Å². The second kappa shape index (κ2) is 8.49. The predicted molar refractivity (Wildman–Crippen MR) is 56.5 cm³/mol. The van der Waals surface area contributed by atoms with Crippen LogP contribution in [0.4, 0.5) is 4.79 Å². The molecule has 0 radical (unpaired) electrons. The van der Waals surface area contributed by atoms with Gasteiger partial charge in [-0.1, -0.05) is 20.3 Å². The van der Waals surface area contributed by atoms with Crippen LogP contribution in [0.25, 0.3) is 0 Å². The van der Waals surface area contributed by atoms with Crippen LogP contribution in [0.2, 0.25) is 0 Å². The highest BCUT2D eigenvalue weighted by molar-refractivity contribution is 5.67. The fourth-order valence-corrected chi connectivity index (χ4v) is 1.11. The van der Waals surface area contributed by atoms with Gasteiger partial charge in [-0.15, -0.1) is 0 Å². The summed E-state index contributed by atoms with van der Waals surface area (Å²) in [5.41, 5.74) is 0. The molecule has 0 heterocycles. The Morgan fingerprint density at radius 3 is 2.73 bits per heavy atom. The molecule has 0 aliphatic heterocycles. The Morgan fingerprint density at radius 1 is 1.53 bits per heavy atom. The van der Waals surface area contributed by atoms with Crippen molar-refractivity contribution in [1.82, 2.24) is 5.32 Å². The molecule has 2 unspecified atom stereocenters. The number of nitrogens with one attached hydrogen (secondary N) is 1. The quantitative estimate of drug-likeness (QED) is 0.582. The first-order valence-corrected chi connectivity index (χ1v) is 5.29. The second-order valence-corrected chi connectivity index (χ2v) is 3.71. The molecule has 0 aliphatic rings. The molecule has 0 bridgehead atoms. The summed E-state index contributed by atoms with van der Waals surface area (Å²) < 4.78 is 4.91. The van der Waals surface area contributed by atoms with Crippen LogP contribution < -0.4 is 5.32 Å². The topological polar surface area (TPSA) is 78.8 Å². The molecule has 0 aliphatic carbocycles. The van der Waals surface area contributed by atoms with Gasteiger partial charge in [0.05, 0.1) is 19.3 Å². The molecule has 0 saturated heterocycles. The van der Waals surface area contributed by atoms with Crippen molar-refractivity contribution in [1.29, 1.82) is 0 Å². The molecule has 90 valence electrons. The van der Waals surface area contributed by atoms with Crippen LogP contribution in [-0.2, 0) is 4.74 Å². The summed E-state index contributed by atoms with van der Waals surface area (Å²) in [5, 5.41) is 19.8. The number of amides is 1. The van der Waals surface area contributed by atoms with E-state index >= 15 is 0 Å². The first-order valence-electron chi connectivity index (χ1n) is 5.29. The highest BCUT2D eigenvalue weighted by Crippen LogP contribution is 2.04. The summed E-state index contributed by atoms with van der Waals surface area (Å²) in [4.78, 5) is 11.0. The van der Waals surface area contributed by atoms with Crippen molar-refractivity contribution in [3.8, 4) is 0 Å². The van der Waals surface area contributed by atoms with Crippen molar-refractivity contribution >= 4 is 6.09 Å². The molecule has 0 rings (SSSR count). The minimum absolute atomic E-state index is 0.0114. The minimum atomic E-state index is -0.925. The molecule has 0 aromatic rings. The van der Waals surface area contributed by atoms with Gasteiger partial charge in [-0.3, -0.25) is 0 Å². The zero-order valence-electron chi connectivity index (χ0n) is 9.40. The predicted octanol–water partition coefficient (Wildman–Crippen LogP) is 0.502. The van der Waals surface area contributed by atoms with E-state index < -0.39 is 12.2 Å². The Hall–Kier alpha value is -0.810. The third-order valence-electron chi connectivity index (χ3n) is 1.97. The number of aliphatic hydroxyl groups is 2. The first kappa shape index (κ1) is 14.2. The lowest BCUT2D eigenvalue weighted by molar-refractivity contribution is 0.0858. The van der Waals surface area contributed by atoms with E-state index in [0.717, 1.165) is 12.8 Å². The molecule has 0 saturated carbocycles. The summed E-state index contributed by atoms with van der Waals surface area (Å²) in [5.74, 6) is 0.350. The average molecular weight is 219 g/mol. The van der Waals surface area contributed by atoms with E-state index in [-0.39, 0.29) is 13.2 Å². The van der Waals surface area contributed by atoms with Crippen LogP contribution >= 0.6 is 0 Å². The molecule has 2 atom stereocenters. The standard InChI is InChI=1S/C10H21NO4/c1-3-4-8(2)7-15-10(14)11-5-9(13)6-12/h8-9,12-13H,3-7H2,1-2H3,(H,11,14). The summed E-state index contributed by atoms with van der Waals surface area (Å²) in [6, 6.07) is 0. The largest absolute Gasteiger partial charge is 0.449 e. The molecular weight excluding hydrogens is 198 g/mol. The lowest BCUT2D eigenvalue weighted by atomic mass is 10.1. The van der Waals surface area contributed by atoms with Crippen LogP contribution in [0.1, 0.15) is 26.7 Å². The minimum Gasteiger partial charge on any atom is -0.449 e. The zero-order chi connectivity index (χ0) is 11.7. The van der Waals surface area contributed by atoms with Gasteiger partial charge in [-0.05, 0) is 12.3 Å². The van der Waals surface area contributed by atoms with Crippen LogP contribution in [0.15, 0.2) is 0 Å². The molecule has 0 spiro atoms. The second-order valence-electron chi connectivity index (χ2n) is 3.71. The number of carbonyl (C=O) groups excluding carboxylic acids is 1. The molecule has 15 heavy (non-hydrogen) atoms. The van der Waals surface area contributed by atoms with Gasteiger partial charge in [-0.25, -0.2) is 4.79 Å². The number of hydrogen-bond donors (Lipinski definition) is 3. The van der Waals surface area contributed by atoms with E-state index in [1.807, 2.05) is 6.92 Å². The normalized spacial score (nSPS) is 14.4. The Kier molecular flexibility index (Phi) is 8.04. The van der Waals surface area contributed by atoms with Crippen molar-refractivity contribution in [2.24, 2.45) is 5.92 Å². The number of ether oxygens (including phenoxy) is 1. The Balaban J connectivity index is 3.48. The molecule has 1 amide bonds. The van der Waals surface area contributed by atoms with Crippen LogP contribution in [0, 0.1) is 5.92 Å². The molecule has 5 nitrogen and oxygen atoms in total. The highest BCUT2D eigenvalue weighted by Gasteiger charge is 2.08. The summed E-state index contributed by atoms with van der Waals surface area (Å²) in [6.45, 7) is 4.12. The van der Waals surface area contributed by atoms with Crippen LogP contribution in [0.3, 0.4) is 0 Å². The van der Waals surface area contributed by atoms with Crippen molar-refractivity contribution in [2.75, 3.05) is 19.8 Å². The van der Waals surface area contributed by atoms with Crippen molar-refractivity contribution in [3.05, 3.63) is 0 Å². The van der Waals surface area contributed by atoms with Crippen molar-refractivity contribution < 1.29 is 19.7 Å². The van der Waals surface area contributed by atoms with E-state index in [4.69, 9.17) is 14.9 Å². The van der Waals surface area contributed by atoms with E-state index in [1.165, 1.54) is 0 Å². The first-order chi connectivity index (χ1) is 7.10. The molecule has 3 N–H and O–H groups in total. The van der Waals surface area contributed by atoms with E-state index in [1.54, 1.807) is 0 Å². The van der Waals surface area contributed by atoms with Gasteiger partial charge >= 0.3 is 6.09 Å². The SMILES string of the molecule is CCCC(C)COC(=O)NCC(O)CO. The number of carbonyl (C=O) groups is 1. The molecule has 0 aromatic heterocycles. The third-order valence-corrected chi connectivity index (χ3v) is 1.97. The lowest BCUT2D eigenvalue weighted by Gasteiger charge is -2.12. The molecular formula is C10H21NO4. The van der Waals surface area contributed by atoms with Crippen molar-refractivity contribution in [3.63, 3.8) is 0 Å². The number of hydrogen-bond acceptors (Lipinski definition) is 4. The van der Waals surface area contributed by atoms with Crippen LogP contribution in [0.5, 0.6) is 0 Å². The maximum Gasteiger partial charge on any atom is 0.407 e. The van der Waals surface area contributed by atoms with Gasteiger partial charge in [0.1, 0.15) is 0 Å². The lowest BCUT2D eigenvalue weighted by Crippen LogP contribution is -2.34. The number of aliphatic hydroxyl groups excluding tert-OH is 2. The average Bonchev–Trinajstić information content (AvgIpc) is 2.23. The number of alkyl carbamates (subject to hydrolysis) is 1. The van der Waals surface area contributed by atoms with Gasteiger partial charge < -0.3 is 20.3 Å². The van der Waals surface area contributed by atoms with E-state index in [0.29, 0.717) is 12.5 Å². The van der Waals surface area contributed by atoms with Gasteiger partial charge in [0.15, 0.2) is 0 Å². The summed E-state index contributed by atoms with van der Waals surface area (Å²) in [7, 11) is 0. The van der Waals surface area contributed by atoms with Gasteiger partial charge in [0.2, 0.25) is 0 Å². The van der Waals surface area contributed by atoms with E-state index in [9.17, 15) is 4.79 Å². The zero-order valence-corrected chi connectivity index (χ0v) is 9.40. The monoisotopic (exact) mass is 219 g/mol. The Labute approximate surface area is 90.4 Å². The van der Waals surface area contributed by atoms with Crippen molar-refractivity contribution in [2.45, 2.75) is 32.8 Å². The summed E-state index contributed by atoms with van der Waals surface area (Å²) >= 11 is 0. The van der Waals surface area contributed by atoms with Gasteiger partial charge in [0.25, 0.3) is 0 Å².